The van der Waals surface area contributed by atoms with E-state index >= 15 is 0 Å². The van der Waals surface area contributed by atoms with E-state index < -0.39 is 22.0 Å². The molecule has 1 atom stereocenters. The maximum atomic E-state index is 12.1. The van der Waals surface area contributed by atoms with Gasteiger partial charge in [0.05, 0.1) is 5.75 Å². The lowest BCUT2D eigenvalue weighted by atomic mass is 10.1. The van der Waals surface area contributed by atoms with Crippen LogP contribution in [0.15, 0.2) is 41.1 Å². The van der Waals surface area contributed by atoms with E-state index in [0.29, 0.717) is 0 Å². The highest BCUT2D eigenvalue weighted by molar-refractivity contribution is 7.89. The van der Waals surface area contributed by atoms with E-state index in [2.05, 4.69) is 0 Å². The molecule has 0 saturated carbocycles. The molecule has 1 saturated heterocycles. The highest BCUT2D eigenvalue weighted by Gasteiger charge is 2.41. The van der Waals surface area contributed by atoms with Gasteiger partial charge in [0.15, 0.2) is 0 Å². The summed E-state index contributed by atoms with van der Waals surface area (Å²) in [5.41, 5.74) is 4.52. The van der Waals surface area contributed by atoms with Crippen LogP contribution in [0.4, 0.5) is 0 Å². The van der Waals surface area contributed by atoms with E-state index in [0.717, 1.165) is 21.0 Å². The first-order valence-electron chi connectivity index (χ1n) is 7.06. The highest BCUT2D eigenvalue weighted by atomic mass is 32.2. The van der Waals surface area contributed by atoms with Gasteiger partial charge in [-0.15, -0.1) is 0 Å². The predicted octanol–water partition coefficient (Wildman–Crippen LogP) is 1.82. The summed E-state index contributed by atoms with van der Waals surface area (Å²) < 4.78 is 25.4. The molecule has 2 heterocycles. The molecular formula is C15H16N2O4S2. The van der Waals surface area contributed by atoms with Crippen molar-refractivity contribution in [2.45, 2.75) is 19.0 Å². The molecule has 6 nitrogen and oxygen atoms in total. The Labute approximate surface area is 138 Å². The molecule has 1 aromatic carbocycles. The second-order valence-electron chi connectivity index (χ2n) is 5.35. The molecule has 0 bridgehead atoms. The molecule has 23 heavy (non-hydrogen) atoms. The van der Waals surface area contributed by atoms with E-state index in [1.165, 1.54) is 0 Å². The van der Waals surface area contributed by atoms with Crippen LogP contribution < -0.4 is 5.48 Å². The Morgan fingerprint density at radius 2 is 2.00 bits per heavy atom. The van der Waals surface area contributed by atoms with Crippen LogP contribution in [0.1, 0.15) is 12.0 Å². The number of hydrogen-bond acceptors (Lipinski definition) is 5. The Morgan fingerprint density at radius 1 is 1.26 bits per heavy atom. The second kappa shape index (κ2) is 6.40. The first-order chi connectivity index (χ1) is 11.0. The summed E-state index contributed by atoms with van der Waals surface area (Å²) in [4.78, 5) is 11.6. The summed E-state index contributed by atoms with van der Waals surface area (Å²) in [6.45, 7) is 0.115. The van der Waals surface area contributed by atoms with Crippen LogP contribution in [-0.2, 0) is 21.4 Å². The van der Waals surface area contributed by atoms with Crippen LogP contribution >= 0.6 is 11.3 Å². The van der Waals surface area contributed by atoms with Crippen molar-refractivity contribution in [3.63, 3.8) is 0 Å². The van der Waals surface area contributed by atoms with Crippen LogP contribution in [0.25, 0.3) is 11.1 Å². The number of benzene rings is 1. The molecule has 2 aromatic rings. The van der Waals surface area contributed by atoms with Gasteiger partial charge in [-0.3, -0.25) is 10.0 Å². The molecule has 0 aliphatic carbocycles. The van der Waals surface area contributed by atoms with Crippen molar-refractivity contribution in [1.82, 2.24) is 9.79 Å². The number of nitrogens with zero attached hydrogens (tertiary/aromatic N) is 1. The van der Waals surface area contributed by atoms with Gasteiger partial charge in [-0.2, -0.15) is 15.6 Å². The molecule has 1 aliphatic heterocycles. The van der Waals surface area contributed by atoms with Crippen LogP contribution in [0.5, 0.6) is 0 Å². The van der Waals surface area contributed by atoms with Gasteiger partial charge in [0.2, 0.25) is 10.0 Å². The first-order valence-corrected chi connectivity index (χ1v) is 9.61. The normalized spacial score (nSPS) is 20.5. The van der Waals surface area contributed by atoms with Crippen molar-refractivity contribution in [3.05, 3.63) is 46.7 Å². The van der Waals surface area contributed by atoms with Crippen molar-refractivity contribution in [2.24, 2.45) is 0 Å². The van der Waals surface area contributed by atoms with Crippen molar-refractivity contribution >= 4 is 27.3 Å². The number of carbonyl (C=O) groups is 1. The minimum atomic E-state index is -3.48. The van der Waals surface area contributed by atoms with Gasteiger partial charge < -0.3 is 0 Å². The van der Waals surface area contributed by atoms with Gasteiger partial charge in [-0.1, -0.05) is 24.3 Å². The number of hydroxylamine groups is 1. The number of hydrogen-bond donors (Lipinski definition) is 2. The van der Waals surface area contributed by atoms with Crippen LogP contribution in [-0.4, -0.2) is 35.6 Å². The Balaban J connectivity index is 1.81. The Morgan fingerprint density at radius 3 is 2.61 bits per heavy atom. The van der Waals surface area contributed by atoms with Gasteiger partial charge in [0.25, 0.3) is 5.91 Å². The fourth-order valence-electron chi connectivity index (χ4n) is 2.67. The smallest absolute Gasteiger partial charge is 0.261 e. The number of rotatable bonds is 4. The van der Waals surface area contributed by atoms with Crippen molar-refractivity contribution in [3.8, 4) is 11.1 Å². The highest BCUT2D eigenvalue weighted by Crippen LogP contribution is 2.26. The zero-order valence-corrected chi connectivity index (χ0v) is 13.8. The summed E-state index contributed by atoms with van der Waals surface area (Å²) >= 11 is 1.61. The molecule has 8 heteroatoms. The molecule has 0 spiro atoms. The van der Waals surface area contributed by atoms with E-state index in [4.69, 9.17) is 5.21 Å². The van der Waals surface area contributed by atoms with Gasteiger partial charge in [0.1, 0.15) is 6.04 Å². The topological polar surface area (TPSA) is 86.7 Å². The second-order valence-corrected chi connectivity index (χ2v) is 8.17. The minimum Gasteiger partial charge on any atom is -0.289 e. The molecule has 0 unspecified atom stereocenters. The number of nitrogens with one attached hydrogen (secondary N) is 1. The lowest BCUT2D eigenvalue weighted by Crippen LogP contribution is -2.43. The first kappa shape index (κ1) is 16.1. The average Bonchev–Trinajstić information content (AvgIpc) is 3.17. The Kier molecular flexibility index (Phi) is 4.49. The Hall–Kier alpha value is -1.74. The summed E-state index contributed by atoms with van der Waals surface area (Å²) in [7, 11) is -3.48. The fraction of sp³-hybridized carbons (Fsp3) is 0.267. The van der Waals surface area contributed by atoms with E-state index in [1.54, 1.807) is 16.8 Å². The molecule has 0 radical (unpaired) electrons. The fourth-order valence-corrected chi connectivity index (χ4v) is 5.03. The Bertz CT molecular complexity index is 785. The van der Waals surface area contributed by atoms with Gasteiger partial charge in [-0.25, -0.2) is 13.9 Å². The van der Waals surface area contributed by atoms with Gasteiger partial charge in [-0.05, 0) is 39.9 Å². The largest absolute Gasteiger partial charge is 0.289 e. The number of sulfonamides is 1. The van der Waals surface area contributed by atoms with E-state index in [9.17, 15) is 13.2 Å². The van der Waals surface area contributed by atoms with Crippen LogP contribution in [0, 0.1) is 0 Å². The zero-order valence-electron chi connectivity index (χ0n) is 12.2. The summed E-state index contributed by atoms with van der Waals surface area (Å²) in [6.07, 6.45) is 0.182. The van der Waals surface area contributed by atoms with Gasteiger partial charge in [0, 0.05) is 6.54 Å². The molecule has 1 aliphatic rings. The van der Waals surface area contributed by atoms with Crippen molar-refractivity contribution in [2.75, 3.05) is 5.75 Å². The monoisotopic (exact) mass is 352 g/mol. The van der Waals surface area contributed by atoms with Crippen LogP contribution in [0.3, 0.4) is 0 Å². The van der Waals surface area contributed by atoms with Gasteiger partial charge >= 0.3 is 0 Å². The van der Waals surface area contributed by atoms with E-state index in [-0.39, 0.29) is 18.7 Å². The molecule has 1 aromatic heterocycles. The summed E-state index contributed by atoms with van der Waals surface area (Å²) in [5.74, 6) is -0.779. The number of carbonyl (C=O) groups excluding carboxylic acids is 1. The predicted molar refractivity (Wildman–Crippen MR) is 87.4 cm³/mol. The number of amides is 1. The number of thiophene rings is 1. The molecular weight excluding hydrogens is 336 g/mol. The third kappa shape index (κ3) is 3.30. The quantitative estimate of drug-likeness (QED) is 0.649. The van der Waals surface area contributed by atoms with E-state index in [1.807, 2.05) is 41.1 Å². The lowest BCUT2D eigenvalue weighted by Gasteiger charge is -2.21. The lowest BCUT2D eigenvalue weighted by molar-refractivity contribution is -0.133. The maximum Gasteiger partial charge on any atom is 0.261 e. The molecule has 1 amide bonds. The SMILES string of the molecule is O=C(NO)[C@H]1CCS(=O)(=O)N1Cc1ccc(-c2ccsc2)cc1. The third-order valence-electron chi connectivity index (χ3n) is 3.91. The summed E-state index contributed by atoms with van der Waals surface area (Å²) in [5, 5.41) is 12.8. The molecule has 3 rings (SSSR count). The molecule has 1 fully saturated rings. The maximum absolute atomic E-state index is 12.1. The average molecular weight is 352 g/mol. The van der Waals surface area contributed by atoms with Crippen molar-refractivity contribution in [1.29, 1.82) is 0 Å². The molecule has 122 valence electrons. The zero-order chi connectivity index (χ0) is 16.4. The van der Waals surface area contributed by atoms with Crippen molar-refractivity contribution < 1.29 is 18.4 Å². The summed E-state index contributed by atoms with van der Waals surface area (Å²) in [6, 6.07) is 8.74. The minimum absolute atomic E-state index is 0.0852. The third-order valence-corrected chi connectivity index (χ3v) is 6.45. The molecule has 2 N–H and O–H groups in total. The van der Waals surface area contributed by atoms with Crippen LogP contribution in [0.2, 0.25) is 0 Å². The standard InChI is InChI=1S/C15H16N2O4S2/c18-15(16-19)14-6-8-23(20,21)17(14)9-11-1-3-12(4-2-11)13-5-7-22-10-13/h1-5,7,10,14,19H,6,8-9H2,(H,16,18)/t14-/m1/s1.